The van der Waals surface area contributed by atoms with E-state index in [4.69, 9.17) is 0 Å². The van der Waals surface area contributed by atoms with E-state index in [0.29, 0.717) is 12.6 Å². The highest BCUT2D eigenvalue weighted by atomic mass is 15.4. The molecule has 104 valence electrons. The van der Waals surface area contributed by atoms with Gasteiger partial charge in [-0.1, -0.05) is 6.92 Å². The molecule has 0 aliphatic heterocycles. The minimum absolute atomic E-state index is 0.294. The van der Waals surface area contributed by atoms with Crippen LogP contribution >= 0.6 is 0 Å². The number of nitrogens with one attached hydrogen (secondary N) is 1. The van der Waals surface area contributed by atoms with Gasteiger partial charge in [-0.15, -0.1) is 0 Å². The van der Waals surface area contributed by atoms with Crippen molar-refractivity contribution in [2.45, 2.75) is 46.3 Å². The Balaban J connectivity index is 2.06. The first-order valence-electron chi connectivity index (χ1n) is 6.68. The summed E-state index contributed by atoms with van der Waals surface area (Å²) >= 11 is 0. The summed E-state index contributed by atoms with van der Waals surface area (Å²) in [4.78, 5) is 8.57. The summed E-state index contributed by atoms with van der Waals surface area (Å²) in [6.07, 6.45) is 4.27. The summed E-state index contributed by atoms with van der Waals surface area (Å²) in [7, 11) is 0. The van der Waals surface area contributed by atoms with Crippen molar-refractivity contribution in [3.8, 4) is 0 Å². The Morgan fingerprint density at radius 2 is 1.89 bits per heavy atom. The average Bonchev–Trinajstić information content (AvgIpc) is 3.00. The quantitative estimate of drug-likeness (QED) is 0.754. The maximum atomic E-state index is 4.29. The Morgan fingerprint density at radius 1 is 1.16 bits per heavy atom. The molecule has 0 saturated carbocycles. The van der Waals surface area contributed by atoms with Crippen LogP contribution in [0.4, 0.5) is 0 Å². The van der Waals surface area contributed by atoms with Crippen LogP contribution < -0.4 is 5.32 Å². The lowest BCUT2D eigenvalue weighted by atomic mass is 10.4. The van der Waals surface area contributed by atoms with Gasteiger partial charge in [-0.3, -0.25) is 0 Å². The highest BCUT2D eigenvalue weighted by Gasteiger charge is 2.11. The molecular weight excluding hydrogens is 242 g/mol. The Bertz CT molecular complexity index is 500. The SMILES string of the molecule is CCCNCc1ncnn1Cc1ncnn1C(C)C. The van der Waals surface area contributed by atoms with Crippen molar-refractivity contribution in [1.29, 1.82) is 0 Å². The van der Waals surface area contributed by atoms with Crippen LogP contribution in [0.1, 0.15) is 44.9 Å². The molecule has 2 rings (SSSR count). The van der Waals surface area contributed by atoms with Crippen LogP contribution in [0.5, 0.6) is 0 Å². The standard InChI is InChI=1S/C12H21N7/c1-4-5-13-6-11-14-8-16-18(11)7-12-15-9-17-19(12)10(2)3/h8-10,13H,4-7H2,1-3H3. The molecule has 0 aromatic carbocycles. The molecule has 2 heterocycles. The third-order valence-electron chi connectivity index (χ3n) is 2.83. The first-order chi connectivity index (χ1) is 9.22. The third-order valence-corrected chi connectivity index (χ3v) is 2.83. The number of hydrogen-bond donors (Lipinski definition) is 1. The van der Waals surface area contributed by atoms with Crippen LogP contribution in [0.3, 0.4) is 0 Å². The molecular formula is C12H21N7. The van der Waals surface area contributed by atoms with E-state index in [1.54, 1.807) is 12.7 Å². The minimum Gasteiger partial charge on any atom is -0.310 e. The van der Waals surface area contributed by atoms with Crippen molar-refractivity contribution in [3.63, 3.8) is 0 Å². The van der Waals surface area contributed by atoms with Gasteiger partial charge < -0.3 is 5.32 Å². The van der Waals surface area contributed by atoms with Gasteiger partial charge in [0.15, 0.2) is 0 Å². The zero-order valence-electron chi connectivity index (χ0n) is 11.7. The van der Waals surface area contributed by atoms with E-state index < -0.39 is 0 Å². The summed E-state index contributed by atoms with van der Waals surface area (Å²) < 4.78 is 3.77. The monoisotopic (exact) mass is 263 g/mol. The molecule has 0 atom stereocenters. The Hall–Kier alpha value is -1.76. The van der Waals surface area contributed by atoms with E-state index in [2.05, 4.69) is 46.3 Å². The number of nitrogens with zero attached hydrogens (tertiary/aromatic N) is 6. The van der Waals surface area contributed by atoms with Crippen molar-refractivity contribution >= 4 is 0 Å². The Labute approximate surface area is 113 Å². The largest absolute Gasteiger partial charge is 0.310 e. The van der Waals surface area contributed by atoms with E-state index in [9.17, 15) is 0 Å². The van der Waals surface area contributed by atoms with Crippen LogP contribution in [-0.2, 0) is 13.1 Å². The highest BCUT2D eigenvalue weighted by Crippen LogP contribution is 2.07. The molecule has 0 radical (unpaired) electrons. The van der Waals surface area contributed by atoms with Crippen LogP contribution in [-0.4, -0.2) is 36.1 Å². The van der Waals surface area contributed by atoms with Gasteiger partial charge in [0.2, 0.25) is 0 Å². The molecule has 0 amide bonds. The predicted molar refractivity (Wildman–Crippen MR) is 71.5 cm³/mol. The molecule has 0 unspecified atom stereocenters. The van der Waals surface area contributed by atoms with E-state index in [-0.39, 0.29) is 0 Å². The molecule has 2 aromatic rings. The van der Waals surface area contributed by atoms with Crippen molar-refractivity contribution in [2.75, 3.05) is 6.54 Å². The van der Waals surface area contributed by atoms with Crippen LogP contribution in [0.2, 0.25) is 0 Å². The molecule has 0 aliphatic rings. The summed E-state index contributed by atoms with van der Waals surface area (Å²) in [5.41, 5.74) is 0. The van der Waals surface area contributed by atoms with Gasteiger partial charge in [-0.05, 0) is 26.8 Å². The molecule has 0 fully saturated rings. The fraction of sp³-hybridized carbons (Fsp3) is 0.667. The smallest absolute Gasteiger partial charge is 0.148 e. The summed E-state index contributed by atoms with van der Waals surface area (Å²) in [5.74, 6) is 1.82. The first kappa shape index (κ1) is 13.7. The second kappa shape index (κ2) is 6.42. The average molecular weight is 263 g/mol. The lowest BCUT2D eigenvalue weighted by molar-refractivity contribution is 0.479. The summed E-state index contributed by atoms with van der Waals surface area (Å²) in [5, 5.41) is 11.8. The molecule has 0 spiro atoms. The van der Waals surface area contributed by atoms with Crippen molar-refractivity contribution in [3.05, 3.63) is 24.3 Å². The second-order valence-corrected chi connectivity index (χ2v) is 4.73. The molecule has 7 nitrogen and oxygen atoms in total. The van der Waals surface area contributed by atoms with Gasteiger partial charge >= 0.3 is 0 Å². The third kappa shape index (κ3) is 3.37. The fourth-order valence-electron chi connectivity index (χ4n) is 1.89. The fourth-order valence-corrected chi connectivity index (χ4v) is 1.89. The van der Waals surface area contributed by atoms with Crippen LogP contribution in [0.25, 0.3) is 0 Å². The number of rotatable bonds is 7. The van der Waals surface area contributed by atoms with Crippen molar-refractivity contribution in [2.24, 2.45) is 0 Å². The zero-order valence-corrected chi connectivity index (χ0v) is 11.7. The highest BCUT2D eigenvalue weighted by molar-refractivity contribution is 4.92. The molecule has 0 bridgehead atoms. The topological polar surface area (TPSA) is 73.5 Å². The molecule has 0 saturated heterocycles. The lowest BCUT2D eigenvalue weighted by Gasteiger charge is -2.10. The summed E-state index contributed by atoms with van der Waals surface area (Å²) in [6, 6.07) is 0.294. The first-order valence-corrected chi connectivity index (χ1v) is 6.68. The zero-order chi connectivity index (χ0) is 13.7. The van der Waals surface area contributed by atoms with E-state index in [0.717, 1.165) is 31.2 Å². The van der Waals surface area contributed by atoms with Gasteiger partial charge in [-0.25, -0.2) is 19.3 Å². The van der Waals surface area contributed by atoms with Crippen LogP contribution in [0.15, 0.2) is 12.7 Å². The van der Waals surface area contributed by atoms with E-state index in [1.165, 1.54) is 0 Å². The van der Waals surface area contributed by atoms with Crippen molar-refractivity contribution in [1.82, 2.24) is 34.8 Å². The van der Waals surface area contributed by atoms with Crippen LogP contribution in [0, 0.1) is 0 Å². The maximum absolute atomic E-state index is 4.29. The van der Waals surface area contributed by atoms with Crippen molar-refractivity contribution < 1.29 is 0 Å². The molecule has 19 heavy (non-hydrogen) atoms. The Morgan fingerprint density at radius 3 is 2.63 bits per heavy atom. The minimum atomic E-state index is 0.294. The Kier molecular flexibility index (Phi) is 4.62. The van der Waals surface area contributed by atoms with Gasteiger partial charge in [0.05, 0.1) is 6.54 Å². The normalized spacial score (nSPS) is 11.4. The number of aromatic nitrogens is 6. The number of hydrogen-bond acceptors (Lipinski definition) is 5. The summed E-state index contributed by atoms with van der Waals surface area (Å²) in [6.45, 7) is 8.62. The molecule has 2 aromatic heterocycles. The van der Waals surface area contributed by atoms with Gasteiger partial charge in [0.1, 0.15) is 30.8 Å². The predicted octanol–water partition coefficient (Wildman–Crippen LogP) is 0.998. The van der Waals surface area contributed by atoms with Gasteiger partial charge in [-0.2, -0.15) is 10.2 Å². The van der Waals surface area contributed by atoms with E-state index >= 15 is 0 Å². The van der Waals surface area contributed by atoms with E-state index in [1.807, 2.05) is 9.36 Å². The molecule has 1 N–H and O–H groups in total. The van der Waals surface area contributed by atoms with Gasteiger partial charge in [0.25, 0.3) is 0 Å². The molecule has 0 aliphatic carbocycles. The van der Waals surface area contributed by atoms with Gasteiger partial charge in [0, 0.05) is 6.04 Å². The molecule has 7 heteroatoms. The second-order valence-electron chi connectivity index (χ2n) is 4.73. The lowest BCUT2D eigenvalue weighted by Crippen LogP contribution is -2.20. The maximum Gasteiger partial charge on any atom is 0.148 e.